The minimum Gasteiger partial charge on any atom is -0.495 e. The van der Waals surface area contributed by atoms with E-state index in [1.54, 1.807) is 0 Å². The highest BCUT2D eigenvalue weighted by Crippen LogP contribution is 2.11. The first-order chi connectivity index (χ1) is 5.27. The number of hydrogen-bond donors (Lipinski definition) is 2. The number of nitrogens with one attached hydrogen (secondary N) is 1. The first-order valence-electron chi connectivity index (χ1n) is 3.54. The fourth-order valence-corrected chi connectivity index (χ4v) is 1.26. The van der Waals surface area contributed by atoms with Gasteiger partial charge in [-0.25, -0.2) is 0 Å². The summed E-state index contributed by atoms with van der Waals surface area (Å²) in [6.07, 6.45) is 2.78. The standard InChI is InChI=1S/C7H12N2OS/c1-3-5-4-8-7(11-2)9-6(5)10/h10H,3-4H2,1-2H3,(H,8,9). The van der Waals surface area contributed by atoms with E-state index in [0.717, 1.165) is 17.2 Å². The molecule has 1 heterocycles. The number of hydrogen-bond acceptors (Lipinski definition) is 4. The number of thioether (sulfide) groups is 1. The Bertz CT molecular complexity index is 210. The van der Waals surface area contributed by atoms with Crippen molar-refractivity contribution in [1.29, 1.82) is 0 Å². The maximum Gasteiger partial charge on any atom is 0.191 e. The molecule has 0 radical (unpaired) electrons. The van der Waals surface area contributed by atoms with Gasteiger partial charge in [0.2, 0.25) is 0 Å². The Hall–Kier alpha value is -0.640. The Kier molecular flexibility index (Phi) is 2.82. The van der Waals surface area contributed by atoms with Crippen molar-refractivity contribution >= 4 is 16.9 Å². The van der Waals surface area contributed by atoms with E-state index >= 15 is 0 Å². The van der Waals surface area contributed by atoms with Crippen molar-refractivity contribution in [1.82, 2.24) is 5.32 Å². The number of rotatable bonds is 1. The molecule has 1 aliphatic heterocycles. The molecule has 4 heteroatoms. The largest absolute Gasteiger partial charge is 0.495 e. The molecule has 0 aromatic carbocycles. The van der Waals surface area contributed by atoms with Crippen molar-refractivity contribution in [3.8, 4) is 0 Å². The van der Waals surface area contributed by atoms with Crippen molar-refractivity contribution < 1.29 is 5.11 Å². The second-order valence-corrected chi connectivity index (χ2v) is 3.05. The number of aliphatic hydroxyl groups excluding tert-OH is 1. The van der Waals surface area contributed by atoms with E-state index < -0.39 is 0 Å². The van der Waals surface area contributed by atoms with Gasteiger partial charge in [-0.1, -0.05) is 18.7 Å². The zero-order chi connectivity index (χ0) is 8.27. The molecular weight excluding hydrogens is 160 g/mol. The molecule has 0 bridgehead atoms. The summed E-state index contributed by atoms with van der Waals surface area (Å²) in [5.41, 5.74) is 0.975. The third-order valence-electron chi connectivity index (χ3n) is 1.59. The SMILES string of the molecule is CCC1=C(O)NC(SC)=NC1. The normalized spacial score (nSPS) is 17.8. The van der Waals surface area contributed by atoms with Crippen molar-refractivity contribution in [2.75, 3.05) is 12.8 Å². The molecule has 0 fully saturated rings. The van der Waals surface area contributed by atoms with Crippen LogP contribution in [0.4, 0.5) is 0 Å². The van der Waals surface area contributed by atoms with Crippen LogP contribution < -0.4 is 5.32 Å². The average Bonchev–Trinajstić information content (AvgIpc) is 2.04. The van der Waals surface area contributed by atoms with Crippen LogP contribution in [0.3, 0.4) is 0 Å². The van der Waals surface area contributed by atoms with E-state index in [2.05, 4.69) is 10.3 Å². The van der Waals surface area contributed by atoms with E-state index in [1.165, 1.54) is 11.8 Å². The molecule has 2 N–H and O–H groups in total. The van der Waals surface area contributed by atoms with Gasteiger partial charge in [0, 0.05) is 5.57 Å². The van der Waals surface area contributed by atoms with Crippen molar-refractivity contribution in [3.05, 3.63) is 11.5 Å². The molecule has 0 amide bonds. The molecular formula is C7H12N2OS. The molecule has 0 atom stereocenters. The highest BCUT2D eigenvalue weighted by molar-refractivity contribution is 8.13. The van der Waals surface area contributed by atoms with Gasteiger partial charge >= 0.3 is 0 Å². The van der Waals surface area contributed by atoms with Crippen LogP contribution in [0.2, 0.25) is 0 Å². The molecule has 1 aliphatic rings. The van der Waals surface area contributed by atoms with Crippen LogP contribution >= 0.6 is 11.8 Å². The Morgan fingerprint density at radius 2 is 2.45 bits per heavy atom. The van der Waals surface area contributed by atoms with Gasteiger partial charge < -0.3 is 10.4 Å². The van der Waals surface area contributed by atoms with Crippen LogP contribution in [0.25, 0.3) is 0 Å². The van der Waals surface area contributed by atoms with E-state index in [0.29, 0.717) is 6.54 Å². The summed E-state index contributed by atoms with van der Waals surface area (Å²) >= 11 is 1.51. The van der Waals surface area contributed by atoms with E-state index in [1.807, 2.05) is 13.2 Å². The summed E-state index contributed by atoms with van der Waals surface area (Å²) in [6.45, 7) is 2.64. The highest BCUT2D eigenvalue weighted by Gasteiger charge is 2.10. The average molecular weight is 172 g/mol. The summed E-state index contributed by atoms with van der Waals surface area (Å²) in [7, 11) is 0. The molecule has 11 heavy (non-hydrogen) atoms. The molecule has 0 aromatic heterocycles. The van der Waals surface area contributed by atoms with E-state index in [-0.39, 0.29) is 5.88 Å². The second-order valence-electron chi connectivity index (χ2n) is 2.26. The Morgan fingerprint density at radius 3 is 2.91 bits per heavy atom. The minimum atomic E-state index is 0.284. The Labute approximate surface area is 70.6 Å². The second kappa shape index (κ2) is 3.67. The molecule has 3 nitrogen and oxygen atoms in total. The van der Waals surface area contributed by atoms with Gasteiger partial charge in [-0.2, -0.15) is 0 Å². The lowest BCUT2D eigenvalue weighted by atomic mass is 10.2. The Balaban J connectivity index is 2.63. The molecule has 0 aliphatic carbocycles. The molecule has 0 aromatic rings. The number of amidine groups is 1. The van der Waals surface area contributed by atoms with E-state index in [4.69, 9.17) is 0 Å². The molecule has 0 unspecified atom stereocenters. The van der Waals surface area contributed by atoms with Crippen LogP contribution in [0, 0.1) is 0 Å². The zero-order valence-corrected chi connectivity index (χ0v) is 7.53. The van der Waals surface area contributed by atoms with Crippen LogP contribution in [-0.4, -0.2) is 23.1 Å². The third kappa shape index (κ3) is 1.89. The molecule has 1 rings (SSSR count). The quantitative estimate of drug-likeness (QED) is 0.630. The van der Waals surface area contributed by atoms with Gasteiger partial charge in [-0.15, -0.1) is 0 Å². The molecule has 0 saturated carbocycles. The van der Waals surface area contributed by atoms with Gasteiger partial charge in [0.25, 0.3) is 0 Å². The predicted octanol–water partition coefficient (Wildman–Crippen LogP) is 1.49. The van der Waals surface area contributed by atoms with Crippen molar-refractivity contribution in [3.63, 3.8) is 0 Å². The van der Waals surface area contributed by atoms with Gasteiger partial charge in [-0.05, 0) is 12.7 Å². The van der Waals surface area contributed by atoms with Gasteiger partial charge in [-0.3, -0.25) is 4.99 Å². The topological polar surface area (TPSA) is 44.6 Å². The van der Waals surface area contributed by atoms with Crippen molar-refractivity contribution in [2.24, 2.45) is 4.99 Å². The first-order valence-corrected chi connectivity index (χ1v) is 4.76. The summed E-state index contributed by atoms with van der Waals surface area (Å²) in [6, 6.07) is 0. The molecule has 62 valence electrons. The smallest absolute Gasteiger partial charge is 0.191 e. The number of aliphatic imine (C=N–C) groups is 1. The summed E-state index contributed by atoms with van der Waals surface area (Å²) in [5.74, 6) is 0.284. The molecule has 0 saturated heterocycles. The highest BCUT2D eigenvalue weighted by atomic mass is 32.2. The fraction of sp³-hybridized carbons (Fsp3) is 0.571. The first kappa shape index (κ1) is 8.46. The minimum absolute atomic E-state index is 0.284. The summed E-state index contributed by atoms with van der Waals surface area (Å²) < 4.78 is 0. The summed E-state index contributed by atoms with van der Waals surface area (Å²) in [4.78, 5) is 4.20. The molecule has 0 spiro atoms. The van der Waals surface area contributed by atoms with Crippen LogP contribution in [0.1, 0.15) is 13.3 Å². The van der Waals surface area contributed by atoms with Gasteiger partial charge in [0.1, 0.15) is 0 Å². The lowest BCUT2D eigenvalue weighted by Gasteiger charge is -2.15. The zero-order valence-electron chi connectivity index (χ0n) is 6.72. The maximum absolute atomic E-state index is 9.34. The number of nitrogens with zero attached hydrogens (tertiary/aromatic N) is 1. The predicted molar refractivity (Wildman–Crippen MR) is 48.9 cm³/mol. The lowest BCUT2D eigenvalue weighted by molar-refractivity contribution is 0.375. The van der Waals surface area contributed by atoms with E-state index in [9.17, 15) is 5.11 Å². The fourth-order valence-electron chi connectivity index (χ4n) is 0.866. The van der Waals surface area contributed by atoms with Crippen LogP contribution in [0.5, 0.6) is 0 Å². The monoisotopic (exact) mass is 172 g/mol. The van der Waals surface area contributed by atoms with Gasteiger partial charge in [0.05, 0.1) is 6.54 Å². The van der Waals surface area contributed by atoms with Gasteiger partial charge in [0.15, 0.2) is 11.1 Å². The van der Waals surface area contributed by atoms with Crippen molar-refractivity contribution in [2.45, 2.75) is 13.3 Å². The Morgan fingerprint density at radius 1 is 1.73 bits per heavy atom. The van der Waals surface area contributed by atoms with Crippen LogP contribution in [0.15, 0.2) is 16.4 Å². The third-order valence-corrected chi connectivity index (χ3v) is 2.21. The lowest BCUT2D eigenvalue weighted by Crippen LogP contribution is -2.25. The summed E-state index contributed by atoms with van der Waals surface area (Å²) in [5, 5.41) is 13.0. The number of aliphatic hydroxyl groups is 1. The van der Waals surface area contributed by atoms with Crippen LogP contribution in [-0.2, 0) is 0 Å². The maximum atomic E-state index is 9.34.